The first-order chi connectivity index (χ1) is 8.12. The largest absolute Gasteiger partial charge is 0.369 e. The Morgan fingerprint density at radius 3 is 2.33 bits per heavy atom. The Bertz CT molecular complexity index is 402. The van der Waals surface area contributed by atoms with Gasteiger partial charge in [-0.3, -0.25) is 4.79 Å². The number of benzene rings is 1. The summed E-state index contributed by atoms with van der Waals surface area (Å²) in [5.41, 5.74) is 6.03. The second kappa shape index (κ2) is 6.16. The van der Waals surface area contributed by atoms with E-state index in [0.717, 1.165) is 31.5 Å². The van der Waals surface area contributed by atoms with Crippen LogP contribution in [0.3, 0.4) is 0 Å². The lowest BCUT2D eigenvalue weighted by Crippen LogP contribution is -2.46. The Labute approximate surface area is 112 Å². The van der Waals surface area contributed by atoms with E-state index in [1.165, 1.54) is 12.1 Å². The Hall–Kier alpha value is -1.13. The predicted octanol–water partition coefficient (Wildman–Crippen LogP) is 1.65. The summed E-state index contributed by atoms with van der Waals surface area (Å²) in [5.74, 6) is -0.504. The molecule has 1 heterocycles. The topological polar surface area (TPSA) is 55.1 Å². The van der Waals surface area contributed by atoms with Crippen LogP contribution >= 0.6 is 12.4 Å². The van der Waals surface area contributed by atoms with Crippen molar-refractivity contribution in [2.45, 2.75) is 19.3 Å². The molecule has 3 N–H and O–H groups in total. The smallest absolute Gasteiger partial charge is 0.224 e. The lowest BCUT2D eigenvalue weighted by Gasteiger charge is -2.34. The maximum absolute atomic E-state index is 12.8. The maximum Gasteiger partial charge on any atom is 0.224 e. The number of hydrogen-bond donors (Lipinski definition) is 2. The highest BCUT2D eigenvalue weighted by Crippen LogP contribution is 2.32. The first kappa shape index (κ1) is 14.9. The summed E-state index contributed by atoms with van der Waals surface area (Å²) in [7, 11) is 0. The summed E-state index contributed by atoms with van der Waals surface area (Å²) < 4.78 is 12.8. The molecule has 0 unspecified atom stereocenters. The summed E-state index contributed by atoms with van der Waals surface area (Å²) in [6.07, 6.45) is 2.10. The summed E-state index contributed by atoms with van der Waals surface area (Å²) in [6, 6.07) is 6.29. The van der Waals surface area contributed by atoms with Crippen LogP contribution in [-0.2, 0) is 11.2 Å². The van der Waals surface area contributed by atoms with E-state index in [9.17, 15) is 9.18 Å². The van der Waals surface area contributed by atoms with Crippen molar-refractivity contribution < 1.29 is 9.18 Å². The quantitative estimate of drug-likeness (QED) is 0.879. The van der Waals surface area contributed by atoms with Crippen molar-refractivity contribution in [1.29, 1.82) is 0 Å². The van der Waals surface area contributed by atoms with Gasteiger partial charge in [0.25, 0.3) is 0 Å². The number of rotatable bonds is 3. The molecule has 3 nitrogen and oxygen atoms in total. The second-order valence-electron chi connectivity index (χ2n) is 4.70. The van der Waals surface area contributed by atoms with Gasteiger partial charge in [-0.2, -0.15) is 0 Å². The van der Waals surface area contributed by atoms with Crippen molar-refractivity contribution in [2.24, 2.45) is 11.1 Å². The van der Waals surface area contributed by atoms with E-state index in [4.69, 9.17) is 5.73 Å². The van der Waals surface area contributed by atoms with Gasteiger partial charge in [0.1, 0.15) is 5.82 Å². The predicted molar refractivity (Wildman–Crippen MR) is 71.1 cm³/mol. The highest BCUT2D eigenvalue weighted by Gasteiger charge is 2.37. The molecule has 2 rings (SSSR count). The van der Waals surface area contributed by atoms with E-state index in [1.54, 1.807) is 12.1 Å². The third-order valence-corrected chi connectivity index (χ3v) is 3.54. The van der Waals surface area contributed by atoms with Crippen LogP contribution in [0.4, 0.5) is 4.39 Å². The zero-order chi connectivity index (χ0) is 12.3. The van der Waals surface area contributed by atoms with Crippen LogP contribution in [0.5, 0.6) is 0 Å². The number of halogens is 2. The van der Waals surface area contributed by atoms with Crippen LogP contribution in [0, 0.1) is 11.2 Å². The number of carbonyl (C=O) groups excluding carboxylic acids is 1. The Balaban J connectivity index is 0.00000162. The molecular weight excluding hydrogens is 255 g/mol. The van der Waals surface area contributed by atoms with Crippen molar-refractivity contribution >= 4 is 18.3 Å². The van der Waals surface area contributed by atoms with Crippen LogP contribution in [-0.4, -0.2) is 19.0 Å². The van der Waals surface area contributed by atoms with Gasteiger partial charge < -0.3 is 11.1 Å². The summed E-state index contributed by atoms with van der Waals surface area (Å²) in [4.78, 5) is 11.7. The Morgan fingerprint density at radius 2 is 1.83 bits per heavy atom. The van der Waals surface area contributed by atoms with Crippen molar-refractivity contribution in [3.8, 4) is 0 Å². The average molecular weight is 273 g/mol. The molecule has 0 bridgehead atoms. The van der Waals surface area contributed by atoms with Gasteiger partial charge in [0.2, 0.25) is 5.91 Å². The highest BCUT2D eigenvalue weighted by molar-refractivity contribution is 5.85. The minimum atomic E-state index is -0.469. The molecular formula is C13H18ClFN2O. The first-order valence-corrected chi connectivity index (χ1v) is 5.87. The summed E-state index contributed by atoms with van der Waals surface area (Å²) in [6.45, 7) is 1.62. The van der Waals surface area contributed by atoms with Crippen LogP contribution in [0.15, 0.2) is 24.3 Å². The zero-order valence-corrected chi connectivity index (χ0v) is 10.9. The van der Waals surface area contributed by atoms with Crippen molar-refractivity contribution in [2.75, 3.05) is 13.1 Å². The van der Waals surface area contributed by atoms with E-state index in [2.05, 4.69) is 5.32 Å². The molecule has 1 aromatic rings. The number of hydrogen-bond acceptors (Lipinski definition) is 2. The molecule has 1 saturated heterocycles. The number of piperidine rings is 1. The number of nitrogens with two attached hydrogens (primary N) is 1. The lowest BCUT2D eigenvalue weighted by atomic mass is 9.73. The SMILES string of the molecule is Cl.NC(=O)C1(Cc2ccc(F)cc2)CCNCC1. The molecule has 0 aromatic heterocycles. The fourth-order valence-corrected chi connectivity index (χ4v) is 2.41. The molecule has 0 spiro atoms. The zero-order valence-electron chi connectivity index (χ0n) is 10.1. The number of primary amides is 1. The molecule has 100 valence electrons. The molecule has 5 heteroatoms. The highest BCUT2D eigenvalue weighted by atomic mass is 35.5. The van der Waals surface area contributed by atoms with Crippen molar-refractivity contribution in [1.82, 2.24) is 5.32 Å². The van der Waals surface area contributed by atoms with E-state index >= 15 is 0 Å². The molecule has 0 aliphatic carbocycles. The molecule has 0 atom stereocenters. The standard InChI is InChI=1S/C13H17FN2O.ClH/c14-11-3-1-10(2-4-11)9-13(12(15)17)5-7-16-8-6-13;/h1-4,16H,5-9H2,(H2,15,17);1H. The van der Waals surface area contributed by atoms with Gasteiger partial charge in [-0.05, 0) is 50.0 Å². The van der Waals surface area contributed by atoms with E-state index in [-0.39, 0.29) is 24.1 Å². The molecule has 1 aliphatic heterocycles. The molecule has 1 aromatic carbocycles. The van der Waals surface area contributed by atoms with Crippen LogP contribution in [0.25, 0.3) is 0 Å². The monoisotopic (exact) mass is 272 g/mol. The van der Waals surface area contributed by atoms with Crippen molar-refractivity contribution in [3.05, 3.63) is 35.6 Å². The van der Waals surface area contributed by atoms with Gasteiger partial charge in [-0.25, -0.2) is 4.39 Å². The average Bonchev–Trinajstić information content (AvgIpc) is 2.33. The molecule has 1 aliphatic rings. The maximum atomic E-state index is 12.8. The van der Waals surface area contributed by atoms with Gasteiger partial charge in [-0.15, -0.1) is 12.4 Å². The fourth-order valence-electron chi connectivity index (χ4n) is 2.41. The van der Waals surface area contributed by atoms with Crippen LogP contribution in [0.2, 0.25) is 0 Å². The minimum absolute atomic E-state index is 0. The number of nitrogens with one attached hydrogen (secondary N) is 1. The molecule has 0 saturated carbocycles. The number of carbonyl (C=O) groups is 1. The van der Waals surface area contributed by atoms with Gasteiger partial charge in [0, 0.05) is 0 Å². The molecule has 1 amide bonds. The normalized spacial score (nSPS) is 17.8. The second-order valence-corrected chi connectivity index (χ2v) is 4.70. The molecule has 1 fully saturated rings. The summed E-state index contributed by atoms with van der Waals surface area (Å²) in [5, 5.41) is 3.22. The van der Waals surface area contributed by atoms with Crippen molar-refractivity contribution in [3.63, 3.8) is 0 Å². The van der Waals surface area contributed by atoms with Gasteiger partial charge in [-0.1, -0.05) is 12.1 Å². The third kappa shape index (κ3) is 3.21. The van der Waals surface area contributed by atoms with Crippen LogP contribution < -0.4 is 11.1 Å². The first-order valence-electron chi connectivity index (χ1n) is 5.87. The van der Waals surface area contributed by atoms with Gasteiger partial charge >= 0.3 is 0 Å². The third-order valence-electron chi connectivity index (χ3n) is 3.54. The van der Waals surface area contributed by atoms with Gasteiger partial charge in [0.05, 0.1) is 5.41 Å². The lowest BCUT2D eigenvalue weighted by molar-refractivity contribution is -0.129. The minimum Gasteiger partial charge on any atom is -0.369 e. The van der Waals surface area contributed by atoms with E-state index in [0.29, 0.717) is 6.42 Å². The Morgan fingerprint density at radius 1 is 1.28 bits per heavy atom. The van der Waals surface area contributed by atoms with E-state index < -0.39 is 5.41 Å². The Kier molecular flexibility index (Phi) is 5.11. The fraction of sp³-hybridized carbons (Fsp3) is 0.462. The van der Waals surface area contributed by atoms with E-state index in [1.807, 2.05) is 0 Å². The summed E-state index contributed by atoms with van der Waals surface area (Å²) >= 11 is 0. The molecule has 0 radical (unpaired) electrons. The molecule has 18 heavy (non-hydrogen) atoms. The number of amides is 1. The van der Waals surface area contributed by atoms with Gasteiger partial charge in [0.15, 0.2) is 0 Å². The van der Waals surface area contributed by atoms with Crippen LogP contribution in [0.1, 0.15) is 18.4 Å².